The van der Waals surface area contributed by atoms with E-state index >= 15 is 0 Å². The molecule has 1 aromatic carbocycles. The lowest BCUT2D eigenvalue weighted by molar-refractivity contribution is 0.301. The third kappa shape index (κ3) is 2.85. The summed E-state index contributed by atoms with van der Waals surface area (Å²) in [6.45, 7) is 2.89. The van der Waals surface area contributed by atoms with Crippen LogP contribution in [0.15, 0.2) is 45.7 Å². The lowest BCUT2D eigenvalue weighted by atomic mass is 10.3. The zero-order chi connectivity index (χ0) is 15.5. The zero-order valence-electron chi connectivity index (χ0n) is 12.1. The number of aryl methyl sites for hydroxylation is 1. The Balaban J connectivity index is 1.91. The molecule has 6 heteroatoms. The van der Waals surface area contributed by atoms with Crippen molar-refractivity contribution in [1.29, 1.82) is 0 Å². The summed E-state index contributed by atoms with van der Waals surface area (Å²) in [7, 11) is 0. The third-order valence-corrected chi connectivity index (χ3v) is 3.57. The number of ether oxygens (including phenoxy) is 1. The maximum absolute atomic E-state index is 11.8. The van der Waals surface area contributed by atoms with E-state index in [1.165, 1.54) is 0 Å². The van der Waals surface area contributed by atoms with Crippen LogP contribution in [-0.2, 0) is 13.2 Å². The summed E-state index contributed by atoms with van der Waals surface area (Å²) in [4.78, 5) is 16.0. The molecular formula is C16H15ClN2O3. The molecule has 0 bridgehead atoms. The summed E-state index contributed by atoms with van der Waals surface area (Å²) in [5.74, 6) is 0.0898. The quantitative estimate of drug-likeness (QED) is 0.720. The number of pyridine rings is 1. The highest BCUT2D eigenvalue weighted by Crippen LogP contribution is 2.30. The van der Waals surface area contributed by atoms with E-state index in [0.717, 1.165) is 12.1 Å². The Bertz CT molecular complexity index is 840. The van der Waals surface area contributed by atoms with E-state index < -0.39 is 0 Å². The van der Waals surface area contributed by atoms with Gasteiger partial charge in [-0.05, 0) is 24.6 Å². The largest absolute Gasteiger partial charge is 0.486 e. The van der Waals surface area contributed by atoms with Crippen LogP contribution in [0.3, 0.4) is 0 Å². The average Bonchev–Trinajstić information content (AvgIpc) is 2.82. The van der Waals surface area contributed by atoms with Gasteiger partial charge in [-0.3, -0.25) is 9.55 Å². The summed E-state index contributed by atoms with van der Waals surface area (Å²) >= 11 is 6.25. The van der Waals surface area contributed by atoms with Crippen molar-refractivity contribution in [3.05, 3.63) is 57.8 Å². The van der Waals surface area contributed by atoms with E-state index in [0.29, 0.717) is 35.0 Å². The van der Waals surface area contributed by atoms with Gasteiger partial charge in [-0.2, -0.15) is 0 Å². The Morgan fingerprint density at radius 1 is 1.36 bits per heavy atom. The first-order chi connectivity index (χ1) is 10.7. The highest BCUT2D eigenvalue weighted by molar-refractivity contribution is 6.32. The zero-order valence-corrected chi connectivity index (χ0v) is 12.8. The van der Waals surface area contributed by atoms with Crippen LogP contribution in [-0.4, -0.2) is 9.55 Å². The summed E-state index contributed by atoms with van der Waals surface area (Å²) in [5, 5.41) is 0.439. The number of hydrogen-bond acceptors (Lipinski definition) is 4. The molecule has 0 spiro atoms. The van der Waals surface area contributed by atoms with Crippen molar-refractivity contribution < 1.29 is 9.15 Å². The van der Waals surface area contributed by atoms with Crippen molar-refractivity contribution >= 4 is 22.7 Å². The fourth-order valence-electron chi connectivity index (χ4n) is 2.25. The Morgan fingerprint density at radius 3 is 2.95 bits per heavy atom. The van der Waals surface area contributed by atoms with Gasteiger partial charge in [0.15, 0.2) is 5.58 Å². The molecule has 22 heavy (non-hydrogen) atoms. The van der Waals surface area contributed by atoms with E-state index in [9.17, 15) is 4.79 Å². The van der Waals surface area contributed by atoms with Gasteiger partial charge in [0.1, 0.15) is 12.4 Å². The van der Waals surface area contributed by atoms with Gasteiger partial charge < -0.3 is 9.15 Å². The maximum Gasteiger partial charge on any atom is 0.419 e. The van der Waals surface area contributed by atoms with Crippen LogP contribution in [0.4, 0.5) is 0 Å². The van der Waals surface area contributed by atoms with E-state index in [4.69, 9.17) is 20.8 Å². The molecule has 3 aromatic rings. The van der Waals surface area contributed by atoms with Crippen LogP contribution in [0.25, 0.3) is 11.1 Å². The molecular weight excluding hydrogens is 304 g/mol. The second kappa shape index (κ2) is 6.23. The highest BCUT2D eigenvalue weighted by atomic mass is 35.5. The molecule has 0 amide bonds. The Kier molecular flexibility index (Phi) is 4.15. The van der Waals surface area contributed by atoms with Gasteiger partial charge in [-0.1, -0.05) is 24.6 Å². The number of nitrogens with zero attached hydrogens (tertiary/aromatic N) is 2. The van der Waals surface area contributed by atoms with Crippen LogP contribution in [0, 0.1) is 0 Å². The van der Waals surface area contributed by atoms with E-state index in [1.807, 2.05) is 25.1 Å². The second-order valence-corrected chi connectivity index (χ2v) is 5.29. The van der Waals surface area contributed by atoms with Gasteiger partial charge in [0.05, 0.1) is 16.2 Å². The monoisotopic (exact) mass is 318 g/mol. The fourth-order valence-corrected chi connectivity index (χ4v) is 2.46. The van der Waals surface area contributed by atoms with E-state index in [2.05, 4.69) is 4.98 Å². The van der Waals surface area contributed by atoms with Gasteiger partial charge in [0.25, 0.3) is 0 Å². The number of benzene rings is 1. The van der Waals surface area contributed by atoms with Gasteiger partial charge in [-0.15, -0.1) is 0 Å². The molecule has 2 aromatic heterocycles. The van der Waals surface area contributed by atoms with Crippen molar-refractivity contribution in [3.63, 3.8) is 0 Å². The van der Waals surface area contributed by atoms with Crippen molar-refractivity contribution in [3.8, 4) is 5.75 Å². The topological polar surface area (TPSA) is 57.3 Å². The average molecular weight is 319 g/mol. The highest BCUT2D eigenvalue weighted by Gasteiger charge is 2.13. The number of halogens is 1. The molecule has 114 valence electrons. The summed E-state index contributed by atoms with van der Waals surface area (Å²) in [6.07, 6.45) is 2.54. The first kappa shape index (κ1) is 14.7. The number of rotatable bonds is 5. The van der Waals surface area contributed by atoms with Gasteiger partial charge >= 0.3 is 5.76 Å². The minimum atomic E-state index is -0.380. The normalized spacial score (nSPS) is 11.0. The van der Waals surface area contributed by atoms with Gasteiger partial charge in [0.2, 0.25) is 0 Å². The summed E-state index contributed by atoms with van der Waals surface area (Å²) in [6, 6.07) is 8.94. The number of hydrogen-bond donors (Lipinski definition) is 0. The summed E-state index contributed by atoms with van der Waals surface area (Å²) < 4.78 is 12.5. The van der Waals surface area contributed by atoms with E-state index in [1.54, 1.807) is 22.9 Å². The fraction of sp³-hybridized carbons (Fsp3) is 0.250. The molecule has 2 heterocycles. The standard InChI is InChI=1S/C16H15ClN2O3/c1-2-7-19-13-8-12(17)14(9-15(13)22-16(19)20)21-10-11-5-3-4-6-18-11/h3-6,8-9H,2,7,10H2,1H3. The molecule has 0 atom stereocenters. The molecule has 0 saturated carbocycles. The first-order valence-corrected chi connectivity index (χ1v) is 7.42. The van der Waals surface area contributed by atoms with Crippen LogP contribution in [0.5, 0.6) is 5.75 Å². The van der Waals surface area contributed by atoms with Crippen molar-refractivity contribution in [2.75, 3.05) is 0 Å². The minimum Gasteiger partial charge on any atom is -0.486 e. The molecule has 0 aliphatic heterocycles. The number of oxazole rings is 1. The van der Waals surface area contributed by atoms with Crippen LogP contribution >= 0.6 is 11.6 Å². The minimum absolute atomic E-state index is 0.298. The Labute approximate surface area is 132 Å². The molecule has 0 saturated heterocycles. The van der Waals surface area contributed by atoms with Crippen molar-refractivity contribution in [1.82, 2.24) is 9.55 Å². The van der Waals surface area contributed by atoms with Crippen LogP contribution in [0.1, 0.15) is 19.0 Å². The number of fused-ring (bicyclic) bond motifs is 1. The molecule has 0 fully saturated rings. The Hall–Kier alpha value is -2.27. The molecule has 0 unspecified atom stereocenters. The first-order valence-electron chi connectivity index (χ1n) is 7.04. The van der Waals surface area contributed by atoms with Crippen LogP contribution < -0.4 is 10.5 Å². The van der Waals surface area contributed by atoms with Crippen molar-refractivity contribution in [2.45, 2.75) is 26.5 Å². The molecule has 3 rings (SSSR count). The third-order valence-electron chi connectivity index (χ3n) is 3.27. The SMILES string of the molecule is CCCn1c(=O)oc2cc(OCc3ccccn3)c(Cl)cc21. The van der Waals surface area contributed by atoms with Gasteiger partial charge in [0, 0.05) is 18.8 Å². The van der Waals surface area contributed by atoms with Crippen molar-refractivity contribution in [2.24, 2.45) is 0 Å². The predicted molar refractivity (Wildman–Crippen MR) is 84.3 cm³/mol. The smallest absolute Gasteiger partial charge is 0.419 e. The van der Waals surface area contributed by atoms with E-state index in [-0.39, 0.29) is 5.76 Å². The number of aromatic nitrogens is 2. The van der Waals surface area contributed by atoms with Crippen LogP contribution in [0.2, 0.25) is 5.02 Å². The Morgan fingerprint density at radius 2 is 2.23 bits per heavy atom. The molecule has 0 radical (unpaired) electrons. The second-order valence-electron chi connectivity index (χ2n) is 4.88. The lowest BCUT2D eigenvalue weighted by Gasteiger charge is -2.08. The molecule has 0 N–H and O–H groups in total. The van der Waals surface area contributed by atoms with Gasteiger partial charge in [-0.25, -0.2) is 4.79 Å². The molecule has 5 nitrogen and oxygen atoms in total. The lowest BCUT2D eigenvalue weighted by Crippen LogP contribution is -2.13. The maximum atomic E-state index is 11.8. The molecule has 0 aliphatic rings. The molecule has 0 aliphatic carbocycles. The predicted octanol–water partition coefficient (Wildman–Crippen LogP) is 3.63. The summed E-state index contributed by atoms with van der Waals surface area (Å²) in [5.41, 5.74) is 1.95.